The number of hydrogen-bond acceptors (Lipinski definition) is 6. The van der Waals surface area contributed by atoms with Crippen molar-refractivity contribution in [1.29, 1.82) is 0 Å². The number of ether oxygens (including phenoxy) is 2. The third-order valence-electron chi connectivity index (χ3n) is 5.27. The maximum absolute atomic E-state index is 15.4. The summed E-state index contributed by atoms with van der Waals surface area (Å²) in [5, 5.41) is 13.9. The van der Waals surface area contributed by atoms with Crippen LogP contribution in [0.15, 0.2) is 48.7 Å². The van der Waals surface area contributed by atoms with E-state index >= 15 is 4.39 Å². The Kier molecular flexibility index (Phi) is 6.48. The smallest absolute Gasteiger partial charge is 0.280 e. The van der Waals surface area contributed by atoms with Gasteiger partial charge in [-0.15, -0.1) is 5.10 Å². The van der Waals surface area contributed by atoms with E-state index in [-0.39, 0.29) is 34.0 Å². The summed E-state index contributed by atoms with van der Waals surface area (Å²) in [6, 6.07) is 7.64. The first-order chi connectivity index (χ1) is 16.6. The second-order valence-corrected chi connectivity index (χ2v) is 7.58. The highest BCUT2D eigenvalue weighted by Gasteiger charge is 2.39. The molecule has 0 bridgehead atoms. The Morgan fingerprint density at radius 3 is 2.51 bits per heavy atom. The maximum Gasteiger partial charge on any atom is 0.280 e. The zero-order valence-corrected chi connectivity index (χ0v) is 18.2. The van der Waals surface area contributed by atoms with Gasteiger partial charge < -0.3 is 20.3 Å². The highest BCUT2D eigenvalue weighted by Crippen LogP contribution is 2.40. The lowest BCUT2D eigenvalue weighted by Gasteiger charge is -2.23. The Balaban J connectivity index is 1.58. The molecule has 2 aromatic carbocycles. The molecule has 0 amide bonds. The second kappa shape index (κ2) is 9.37. The minimum absolute atomic E-state index is 0.0125. The third kappa shape index (κ3) is 4.83. The lowest BCUT2D eigenvalue weighted by molar-refractivity contribution is -0.121. The Morgan fingerprint density at radius 2 is 1.83 bits per heavy atom. The van der Waals surface area contributed by atoms with Crippen LogP contribution in [-0.4, -0.2) is 39.3 Å². The van der Waals surface area contributed by atoms with Crippen LogP contribution in [0.3, 0.4) is 0 Å². The molecule has 2 aromatic heterocycles. The van der Waals surface area contributed by atoms with E-state index in [1.165, 1.54) is 30.0 Å². The van der Waals surface area contributed by atoms with E-state index in [0.717, 1.165) is 30.3 Å². The number of aromatic nitrogens is 3. The van der Waals surface area contributed by atoms with E-state index in [0.29, 0.717) is 0 Å². The third-order valence-corrected chi connectivity index (χ3v) is 5.27. The lowest BCUT2D eigenvalue weighted by Crippen LogP contribution is -2.28. The number of hydrogen-bond donors (Lipinski definition) is 2. The summed E-state index contributed by atoms with van der Waals surface area (Å²) in [7, 11) is 1.21. The van der Waals surface area contributed by atoms with Crippen molar-refractivity contribution in [2.75, 3.05) is 19.5 Å². The molecular weight excluding hydrogens is 475 g/mol. The molecule has 0 saturated heterocycles. The van der Waals surface area contributed by atoms with Crippen molar-refractivity contribution in [1.82, 2.24) is 14.6 Å². The van der Waals surface area contributed by atoms with Gasteiger partial charge in [0.1, 0.15) is 17.7 Å². The molecule has 1 atom stereocenters. The number of nitrogens with zero attached hydrogens (tertiary/aromatic N) is 3. The monoisotopic (exact) mass is 494 g/mol. The number of methoxy groups -OCH3 is 1. The molecule has 4 rings (SSSR count). The summed E-state index contributed by atoms with van der Waals surface area (Å²) in [5.74, 6) is -7.80. The minimum Gasteiger partial charge on any atom is -0.496 e. The zero-order valence-electron chi connectivity index (χ0n) is 18.2. The second-order valence-electron chi connectivity index (χ2n) is 7.58. The van der Waals surface area contributed by atoms with Crippen LogP contribution in [0.2, 0.25) is 0 Å². The van der Waals surface area contributed by atoms with Gasteiger partial charge in [-0.3, -0.25) is 0 Å². The molecule has 0 aliphatic carbocycles. The number of nitrogens with two attached hydrogens (primary N) is 1. The van der Waals surface area contributed by atoms with Gasteiger partial charge in [-0.25, -0.2) is 26.5 Å². The van der Waals surface area contributed by atoms with E-state index in [1.54, 1.807) is 0 Å². The van der Waals surface area contributed by atoms with Crippen LogP contribution in [0.5, 0.6) is 11.5 Å². The topological polar surface area (TPSA) is 94.9 Å². The van der Waals surface area contributed by atoms with Crippen molar-refractivity contribution in [2.24, 2.45) is 0 Å². The number of anilines is 1. The first-order valence-electron chi connectivity index (χ1n) is 10.2. The zero-order chi connectivity index (χ0) is 25.3. The van der Waals surface area contributed by atoms with Crippen LogP contribution >= 0.6 is 0 Å². The van der Waals surface area contributed by atoms with Gasteiger partial charge in [-0.1, -0.05) is 12.1 Å². The fraction of sp³-hybridized carbons (Fsp3) is 0.217. The quantitative estimate of drug-likeness (QED) is 0.349. The first kappa shape index (κ1) is 24.2. The summed E-state index contributed by atoms with van der Waals surface area (Å²) < 4.78 is 83.4. The Bertz CT molecular complexity index is 1360. The fourth-order valence-electron chi connectivity index (χ4n) is 3.51. The van der Waals surface area contributed by atoms with Crippen LogP contribution in [0.4, 0.5) is 27.9 Å². The van der Waals surface area contributed by atoms with E-state index in [1.807, 2.05) is 0 Å². The number of fused-ring (bicyclic) bond motifs is 1. The van der Waals surface area contributed by atoms with Gasteiger partial charge in [-0.05, 0) is 35.4 Å². The summed E-state index contributed by atoms with van der Waals surface area (Å²) >= 11 is 0. The molecule has 1 unspecified atom stereocenters. The molecule has 35 heavy (non-hydrogen) atoms. The molecule has 4 aromatic rings. The highest BCUT2D eigenvalue weighted by atomic mass is 19.3. The largest absolute Gasteiger partial charge is 0.496 e. The van der Waals surface area contributed by atoms with Crippen molar-refractivity contribution in [3.63, 3.8) is 0 Å². The Morgan fingerprint density at radius 1 is 1.11 bits per heavy atom. The van der Waals surface area contributed by atoms with Gasteiger partial charge in [0.2, 0.25) is 5.95 Å². The Labute approximate surface area is 195 Å². The average molecular weight is 494 g/mol. The number of halogens is 5. The van der Waals surface area contributed by atoms with E-state index in [2.05, 4.69) is 10.1 Å². The van der Waals surface area contributed by atoms with Crippen LogP contribution in [-0.2, 0) is 0 Å². The van der Waals surface area contributed by atoms with E-state index < -0.39 is 48.3 Å². The van der Waals surface area contributed by atoms with E-state index in [9.17, 15) is 22.7 Å². The normalized spacial score (nSPS) is 12.7. The molecule has 12 heteroatoms. The predicted molar refractivity (Wildman–Crippen MR) is 116 cm³/mol. The lowest BCUT2D eigenvalue weighted by atomic mass is 10.0. The van der Waals surface area contributed by atoms with Crippen LogP contribution in [0.1, 0.15) is 18.1 Å². The Hall–Kier alpha value is -3.93. The van der Waals surface area contributed by atoms with Gasteiger partial charge in [-0.2, -0.15) is 4.98 Å². The van der Waals surface area contributed by atoms with Crippen molar-refractivity contribution in [3.05, 3.63) is 71.7 Å². The molecule has 0 spiro atoms. The van der Waals surface area contributed by atoms with Gasteiger partial charge in [0.15, 0.2) is 23.0 Å². The maximum atomic E-state index is 15.4. The molecule has 2 heterocycles. The highest BCUT2D eigenvalue weighted by molar-refractivity contribution is 5.75. The van der Waals surface area contributed by atoms with Crippen molar-refractivity contribution in [3.8, 4) is 22.6 Å². The number of aliphatic hydroxyl groups is 1. The minimum atomic E-state index is -3.72. The van der Waals surface area contributed by atoms with Crippen LogP contribution in [0.25, 0.3) is 16.8 Å². The van der Waals surface area contributed by atoms with Crippen molar-refractivity contribution >= 4 is 11.6 Å². The van der Waals surface area contributed by atoms with Gasteiger partial charge in [0, 0.05) is 18.7 Å². The number of rotatable bonds is 8. The molecule has 0 fully saturated rings. The number of benzene rings is 2. The van der Waals surface area contributed by atoms with E-state index in [4.69, 9.17) is 15.2 Å². The van der Waals surface area contributed by atoms with Gasteiger partial charge in [0.05, 0.1) is 19.3 Å². The standard InChI is InChI=1S/C23H19F5N4O3/c1-34-16-11-15(25)20(19(26)18(16)13-6-8-32-17(10-13)30-22(29)31-32)35-9-7-23(27,28)21(33)12-2-4-14(24)5-3-12/h2-6,8,10-11,21,33H,7,9H2,1H3,(H2,29,31). The predicted octanol–water partition coefficient (Wildman–Crippen LogP) is 4.54. The molecular formula is C23H19F5N4O3. The van der Waals surface area contributed by atoms with Crippen LogP contribution in [0, 0.1) is 17.5 Å². The average Bonchev–Trinajstić information content (AvgIpc) is 3.20. The molecule has 3 N–H and O–H groups in total. The fourth-order valence-corrected chi connectivity index (χ4v) is 3.51. The number of alkyl halides is 2. The molecule has 0 saturated carbocycles. The number of pyridine rings is 1. The summed E-state index contributed by atoms with van der Waals surface area (Å²) in [4.78, 5) is 3.98. The van der Waals surface area contributed by atoms with Gasteiger partial charge >= 0.3 is 0 Å². The molecule has 0 aliphatic rings. The molecule has 184 valence electrons. The SMILES string of the molecule is COc1cc(F)c(OCCC(F)(F)C(O)c2ccc(F)cc2)c(F)c1-c1ccn2nc(N)nc2c1. The van der Waals surface area contributed by atoms with Crippen LogP contribution < -0.4 is 15.2 Å². The molecule has 0 radical (unpaired) electrons. The molecule has 7 nitrogen and oxygen atoms in total. The van der Waals surface area contributed by atoms with Gasteiger partial charge in [0.25, 0.3) is 5.92 Å². The first-order valence-corrected chi connectivity index (χ1v) is 10.2. The summed E-state index contributed by atoms with van der Waals surface area (Å²) in [5.41, 5.74) is 5.65. The molecule has 0 aliphatic heterocycles. The summed E-state index contributed by atoms with van der Waals surface area (Å²) in [6.45, 7) is -0.829. The van der Waals surface area contributed by atoms with Crippen molar-refractivity contribution < 1.29 is 36.5 Å². The summed E-state index contributed by atoms with van der Waals surface area (Å²) in [6.07, 6.45) is -1.89. The van der Waals surface area contributed by atoms with Crippen molar-refractivity contribution in [2.45, 2.75) is 18.4 Å². The number of aliphatic hydroxyl groups excluding tert-OH is 1. The number of nitrogen functional groups attached to an aromatic ring is 1.